The molecular weight excluding hydrogens is 470 g/mol. The normalized spacial score (nSPS) is 14.3. The van der Waals surface area contributed by atoms with Gasteiger partial charge in [-0.25, -0.2) is 9.18 Å². The van der Waals surface area contributed by atoms with Crippen LogP contribution < -0.4 is 9.61 Å². The number of rotatable bonds is 6. The molecule has 1 heterocycles. The smallest absolute Gasteiger partial charge is 0.457 e. The second kappa shape index (κ2) is 8.18. The van der Waals surface area contributed by atoms with Crippen molar-refractivity contribution in [1.29, 1.82) is 0 Å². The number of nitrogens with one attached hydrogen (secondary N) is 1. The van der Waals surface area contributed by atoms with Crippen LogP contribution in [0.15, 0.2) is 47.4 Å². The van der Waals surface area contributed by atoms with Crippen molar-refractivity contribution >= 4 is 27.0 Å². The molecule has 1 aliphatic carbocycles. The number of carbonyl (C=O) groups is 1. The highest BCUT2D eigenvalue weighted by molar-refractivity contribution is 7.88. The van der Waals surface area contributed by atoms with Crippen LogP contribution in [0.4, 0.5) is 17.6 Å². The first-order valence-electron chi connectivity index (χ1n) is 9.59. The van der Waals surface area contributed by atoms with Crippen LogP contribution in [0.5, 0.6) is 5.75 Å². The third-order valence-corrected chi connectivity index (χ3v) is 5.97. The quantitative estimate of drug-likeness (QED) is 0.244. The summed E-state index contributed by atoms with van der Waals surface area (Å²) in [4.78, 5) is 27.9. The fraction of sp³-hybridized carbons (Fsp3) is 0.238. The molecule has 12 heteroatoms. The molecule has 1 aromatic heterocycles. The monoisotopic (exact) mass is 485 g/mol. The molecule has 0 spiro atoms. The third kappa shape index (κ3) is 4.42. The topological polar surface area (TPSA) is 103 Å². The summed E-state index contributed by atoms with van der Waals surface area (Å²) < 4.78 is 85.2. The number of aromatic nitrogens is 1. The van der Waals surface area contributed by atoms with Crippen molar-refractivity contribution in [2.24, 2.45) is 0 Å². The molecule has 0 amide bonds. The highest BCUT2D eigenvalue weighted by atomic mass is 32.2. The first-order valence-corrected chi connectivity index (χ1v) is 11.0. The Labute approximate surface area is 184 Å². The number of aromatic amines is 1. The highest BCUT2D eigenvalue weighted by Gasteiger charge is 2.49. The zero-order chi connectivity index (χ0) is 24.0. The maximum atomic E-state index is 14.7. The van der Waals surface area contributed by atoms with E-state index in [0.29, 0.717) is 24.5 Å². The summed E-state index contributed by atoms with van der Waals surface area (Å²) >= 11 is 0. The standard InChI is InChI=1S/C21H15F4NO6S/c22-15-8-13-17(16(12-6-7-12)19(15)32-33(29,30)21(23,24)25)26-9-14(18(13)27)20(28)31-10-11-4-2-1-3-5-11/h1-5,8-9,12H,6-7,10H2,(H,26,27). The van der Waals surface area contributed by atoms with Crippen LogP contribution in [0.3, 0.4) is 0 Å². The largest absolute Gasteiger partial charge is 0.534 e. The summed E-state index contributed by atoms with van der Waals surface area (Å²) in [5, 5.41) is -0.347. The molecule has 0 unspecified atom stereocenters. The van der Waals surface area contributed by atoms with E-state index in [1.165, 1.54) is 0 Å². The highest BCUT2D eigenvalue weighted by Crippen LogP contribution is 2.48. The van der Waals surface area contributed by atoms with E-state index in [0.717, 1.165) is 6.20 Å². The van der Waals surface area contributed by atoms with Gasteiger partial charge in [-0.2, -0.15) is 21.6 Å². The summed E-state index contributed by atoms with van der Waals surface area (Å²) in [5.74, 6) is -4.11. The average molecular weight is 485 g/mol. The van der Waals surface area contributed by atoms with Crippen LogP contribution in [0.2, 0.25) is 0 Å². The fourth-order valence-electron chi connectivity index (χ4n) is 3.30. The first kappa shape index (κ1) is 22.8. The van der Waals surface area contributed by atoms with Gasteiger partial charge in [-0.15, -0.1) is 0 Å². The number of carbonyl (C=O) groups excluding carboxylic acids is 1. The molecule has 0 radical (unpaired) electrons. The van der Waals surface area contributed by atoms with Gasteiger partial charge in [0.2, 0.25) is 5.43 Å². The van der Waals surface area contributed by atoms with Crippen LogP contribution in [-0.2, 0) is 21.5 Å². The predicted molar refractivity (Wildman–Crippen MR) is 108 cm³/mol. The number of hydrogen-bond acceptors (Lipinski definition) is 6. The van der Waals surface area contributed by atoms with Crippen molar-refractivity contribution in [2.45, 2.75) is 30.9 Å². The number of ether oxygens (including phenoxy) is 1. The van der Waals surface area contributed by atoms with E-state index in [1.807, 2.05) is 0 Å². The molecule has 174 valence electrons. The molecule has 1 N–H and O–H groups in total. The number of esters is 1. The van der Waals surface area contributed by atoms with Gasteiger partial charge >= 0.3 is 21.6 Å². The SMILES string of the molecule is O=C(OCc1ccccc1)c1c[nH]c2c(C3CC3)c(OS(=O)(=O)C(F)(F)F)c(F)cc2c1=O. The lowest BCUT2D eigenvalue weighted by molar-refractivity contribution is -0.0501. The van der Waals surface area contributed by atoms with E-state index < -0.39 is 50.1 Å². The summed E-state index contributed by atoms with van der Waals surface area (Å²) in [6.45, 7) is -0.124. The molecule has 0 aliphatic heterocycles. The second-order valence-corrected chi connectivity index (χ2v) is 8.91. The van der Waals surface area contributed by atoms with Gasteiger partial charge in [-0.1, -0.05) is 30.3 Å². The molecule has 1 aliphatic rings. The summed E-state index contributed by atoms with van der Waals surface area (Å²) in [7, 11) is -6.14. The molecule has 3 aromatic rings. The van der Waals surface area contributed by atoms with Crippen molar-refractivity contribution in [1.82, 2.24) is 4.98 Å². The van der Waals surface area contributed by atoms with Gasteiger partial charge in [0, 0.05) is 17.1 Å². The number of H-pyrrole nitrogens is 1. The van der Waals surface area contributed by atoms with Gasteiger partial charge in [-0.3, -0.25) is 4.79 Å². The Balaban J connectivity index is 1.75. The molecule has 7 nitrogen and oxygen atoms in total. The van der Waals surface area contributed by atoms with Crippen molar-refractivity contribution in [2.75, 3.05) is 0 Å². The number of pyridine rings is 1. The maximum absolute atomic E-state index is 14.7. The number of hydrogen-bond donors (Lipinski definition) is 1. The Morgan fingerprint density at radius 1 is 1.15 bits per heavy atom. The van der Waals surface area contributed by atoms with Crippen molar-refractivity contribution in [3.8, 4) is 5.75 Å². The lowest BCUT2D eigenvalue weighted by atomic mass is 10.0. The van der Waals surface area contributed by atoms with Gasteiger partial charge in [0.05, 0.1) is 5.52 Å². The lowest BCUT2D eigenvalue weighted by Gasteiger charge is -2.16. The van der Waals surface area contributed by atoms with E-state index in [1.54, 1.807) is 30.3 Å². The summed E-state index contributed by atoms with van der Waals surface area (Å²) in [6.07, 6.45) is 1.83. The van der Waals surface area contributed by atoms with Crippen LogP contribution in [0.1, 0.15) is 40.2 Å². The molecule has 1 fully saturated rings. The maximum Gasteiger partial charge on any atom is 0.534 e. The van der Waals surface area contributed by atoms with Gasteiger partial charge in [0.15, 0.2) is 11.6 Å². The van der Waals surface area contributed by atoms with Gasteiger partial charge in [-0.05, 0) is 30.4 Å². The van der Waals surface area contributed by atoms with E-state index in [-0.39, 0.29) is 23.1 Å². The molecule has 1 saturated carbocycles. The Kier molecular flexibility index (Phi) is 5.64. The Hall–Kier alpha value is -3.41. The van der Waals surface area contributed by atoms with E-state index in [9.17, 15) is 35.6 Å². The van der Waals surface area contributed by atoms with Gasteiger partial charge in [0.25, 0.3) is 0 Å². The van der Waals surface area contributed by atoms with Gasteiger partial charge < -0.3 is 13.9 Å². The van der Waals surface area contributed by atoms with Crippen LogP contribution >= 0.6 is 0 Å². The Morgan fingerprint density at radius 3 is 2.42 bits per heavy atom. The second-order valence-electron chi connectivity index (χ2n) is 7.37. The Morgan fingerprint density at radius 2 is 1.82 bits per heavy atom. The lowest BCUT2D eigenvalue weighted by Crippen LogP contribution is -2.29. The Bertz CT molecular complexity index is 1400. The molecule has 0 saturated heterocycles. The zero-order valence-electron chi connectivity index (χ0n) is 16.6. The molecule has 4 rings (SSSR count). The molecule has 0 atom stereocenters. The average Bonchev–Trinajstić information content (AvgIpc) is 3.58. The van der Waals surface area contributed by atoms with Crippen LogP contribution in [-0.4, -0.2) is 24.9 Å². The fourth-order valence-corrected chi connectivity index (χ4v) is 3.78. The minimum atomic E-state index is -6.14. The van der Waals surface area contributed by atoms with Crippen molar-refractivity contribution in [3.05, 3.63) is 75.3 Å². The number of halogens is 4. The minimum absolute atomic E-state index is 0.115. The van der Waals surface area contributed by atoms with Crippen LogP contribution in [0, 0.1) is 5.82 Å². The van der Waals surface area contributed by atoms with Crippen LogP contribution in [0.25, 0.3) is 10.9 Å². The molecule has 33 heavy (non-hydrogen) atoms. The first-order chi connectivity index (χ1) is 15.5. The van der Waals surface area contributed by atoms with E-state index in [4.69, 9.17) is 4.74 Å². The minimum Gasteiger partial charge on any atom is -0.457 e. The van der Waals surface area contributed by atoms with Crippen molar-refractivity contribution in [3.63, 3.8) is 0 Å². The number of fused-ring (bicyclic) bond motifs is 1. The number of benzene rings is 2. The van der Waals surface area contributed by atoms with Gasteiger partial charge in [0.1, 0.15) is 12.2 Å². The predicted octanol–water partition coefficient (Wildman–Crippen LogP) is 4.13. The zero-order valence-corrected chi connectivity index (χ0v) is 17.4. The molecule has 2 aromatic carbocycles. The van der Waals surface area contributed by atoms with Crippen molar-refractivity contribution < 1.29 is 39.7 Å². The van der Waals surface area contributed by atoms with E-state index >= 15 is 0 Å². The third-order valence-electron chi connectivity index (χ3n) is 5.02. The molecular formula is C21H15F4NO6S. The summed E-state index contributed by atoms with van der Waals surface area (Å²) in [5.41, 5.74) is -6.80. The van der Waals surface area contributed by atoms with E-state index in [2.05, 4.69) is 9.17 Å². The number of alkyl halides is 3. The summed E-state index contributed by atoms with van der Waals surface area (Å²) in [6, 6.07) is 9.16. The molecule has 0 bridgehead atoms.